The molecule has 0 aliphatic carbocycles. The number of aryl methyl sites for hydroxylation is 1. The summed E-state index contributed by atoms with van der Waals surface area (Å²) in [7, 11) is 1.68. The lowest BCUT2D eigenvalue weighted by atomic mass is 9.89. The highest BCUT2D eigenvalue weighted by Gasteiger charge is 2.43. The summed E-state index contributed by atoms with van der Waals surface area (Å²) in [6, 6.07) is 8.78. The van der Waals surface area contributed by atoms with Crippen molar-refractivity contribution in [1.29, 1.82) is 0 Å². The Hall–Kier alpha value is -1.92. The Morgan fingerprint density at radius 1 is 1.26 bits per heavy atom. The molecule has 3 heterocycles. The van der Waals surface area contributed by atoms with Gasteiger partial charge in [-0.1, -0.05) is 19.1 Å². The molecule has 146 valence electrons. The number of nitrogens with one attached hydrogen (secondary N) is 1. The molecule has 0 radical (unpaired) electrons. The van der Waals surface area contributed by atoms with Gasteiger partial charge < -0.3 is 19.5 Å². The zero-order chi connectivity index (χ0) is 18.9. The second-order valence-electron chi connectivity index (χ2n) is 7.71. The Bertz CT molecular complexity index is 802. The van der Waals surface area contributed by atoms with Gasteiger partial charge in [-0.05, 0) is 50.9 Å². The smallest absolute Gasteiger partial charge is 0.254 e. The lowest BCUT2D eigenvalue weighted by Gasteiger charge is -2.41. The summed E-state index contributed by atoms with van der Waals surface area (Å²) in [5, 5.41) is 3.33. The van der Waals surface area contributed by atoms with Crippen LogP contribution in [0.1, 0.15) is 44.5 Å². The molecule has 2 fully saturated rings. The van der Waals surface area contributed by atoms with E-state index in [0.29, 0.717) is 6.04 Å². The lowest BCUT2D eigenvalue weighted by molar-refractivity contribution is -0.159. The van der Waals surface area contributed by atoms with Gasteiger partial charge in [-0.25, -0.2) is 4.98 Å². The third kappa shape index (κ3) is 3.25. The number of amides is 1. The van der Waals surface area contributed by atoms with E-state index in [0.717, 1.165) is 69.6 Å². The Balaban J connectivity index is 1.50. The van der Waals surface area contributed by atoms with Gasteiger partial charge in [0.2, 0.25) is 0 Å². The number of fused-ring (bicyclic) bond motifs is 1. The van der Waals surface area contributed by atoms with Gasteiger partial charge in [0, 0.05) is 32.7 Å². The van der Waals surface area contributed by atoms with E-state index in [9.17, 15) is 4.79 Å². The van der Waals surface area contributed by atoms with Crippen LogP contribution in [0.3, 0.4) is 0 Å². The molecule has 27 heavy (non-hydrogen) atoms. The van der Waals surface area contributed by atoms with E-state index >= 15 is 0 Å². The van der Waals surface area contributed by atoms with Crippen LogP contribution in [0.5, 0.6) is 0 Å². The van der Waals surface area contributed by atoms with Gasteiger partial charge in [0.15, 0.2) is 0 Å². The summed E-state index contributed by atoms with van der Waals surface area (Å²) in [5.74, 6) is 1.32. The molecule has 2 aromatic rings. The molecular formula is C21H30N4O2. The number of nitrogens with zero attached hydrogens (tertiary/aromatic N) is 3. The molecule has 4 rings (SSSR count). The maximum Gasteiger partial charge on any atom is 0.254 e. The lowest BCUT2D eigenvalue weighted by Crippen LogP contribution is -2.56. The van der Waals surface area contributed by atoms with Crippen LogP contribution in [0.25, 0.3) is 11.0 Å². The number of ether oxygens (including phenoxy) is 1. The second-order valence-corrected chi connectivity index (χ2v) is 7.71. The summed E-state index contributed by atoms with van der Waals surface area (Å²) in [4.78, 5) is 20.0. The van der Waals surface area contributed by atoms with Gasteiger partial charge >= 0.3 is 0 Å². The number of hydrogen-bond acceptors (Lipinski definition) is 4. The number of piperidine rings is 2. The zero-order valence-corrected chi connectivity index (χ0v) is 16.4. The third-order valence-electron chi connectivity index (χ3n) is 6.29. The van der Waals surface area contributed by atoms with Crippen LogP contribution in [0.2, 0.25) is 0 Å². The highest BCUT2D eigenvalue weighted by molar-refractivity contribution is 5.85. The van der Waals surface area contributed by atoms with Crippen molar-refractivity contribution in [2.75, 3.05) is 33.3 Å². The Morgan fingerprint density at radius 3 is 2.63 bits per heavy atom. The predicted octanol–water partition coefficient (Wildman–Crippen LogP) is 2.53. The molecule has 6 heteroatoms. The minimum atomic E-state index is -0.631. The number of rotatable bonds is 4. The molecular weight excluding hydrogens is 340 g/mol. The molecule has 0 spiro atoms. The van der Waals surface area contributed by atoms with Crippen LogP contribution >= 0.6 is 0 Å². The number of methoxy groups -OCH3 is 1. The van der Waals surface area contributed by atoms with E-state index < -0.39 is 5.60 Å². The molecule has 2 aliphatic heterocycles. The van der Waals surface area contributed by atoms with Crippen molar-refractivity contribution < 1.29 is 9.53 Å². The number of hydrogen-bond donors (Lipinski definition) is 1. The highest BCUT2D eigenvalue weighted by Crippen LogP contribution is 2.32. The highest BCUT2D eigenvalue weighted by atomic mass is 16.5. The largest absolute Gasteiger partial charge is 0.368 e. The Kier molecular flexibility index (Phi) is 5.19. The van der Waals surface area contributed by atoms with Crippen LogP contribution in [0.15, 0.2) is 24.3 Å². The van der Waals surface area contributed by atoms with E-state index in [2.05, 4.69) is 35.0 Å². The average molecular weight is 370 g/mol. The number of aromatic nitrogens is 2. The first kappa shape index (κ1) is 18.4. The number of likely N-dealkylation sites (tertiary alicyclic amines) is 1. The van der Waals surface area contributed by atoms with Crippen molar-refractivity contribution in [3.05, 3.63) is 30.1 Å². The SMILES string of the molecule is CCc1nc2ccccc2n1C1CCN(C(=O)C2(OC)CCNCC2)CC1. The van der Waals surface area contributed by atoms with Gasteiger partial charge in [0.05, 0.1) is 11.0 Å². The summed E-state index contributed by atoms with van der Waals surface area (Å²) in [5.41, 5.74) is 1.65. The Morgan fingerprint density at radius 2 is 1.96 bits per heavy atom. The fraction of sp³-hybridized carbons (Fsp3) is 0.619. The number of para-hydroxylation sites is 2. The summed E-state index contributed by atoms with van der Waals surface area (Å²) in [6.45, 7) is 5.43. The molecule has 1 amide bonds. The summed E-state index contributed by atoms with van der Waals surface area (Å²) < 4.78 is 8.15. The summed E-state index contributed by atoms with van der Waals surface area (Å²) in [6.07, 6.45) is 4.38. The zero-order valence-electron chi connectivity index (χ0n) is 16.4. The second kappa shape index (κ2) is 7.60. The molecule has 1 N–H and O–H groups in total. The van der Waals surface area contributed by atoms with Crippen molar-refractivity contribution in [3.8, 4) is 0 Å². The van der Waals surface area contributed by atoms with Crippen LogP contribution < -0.4 is 5.32 Å². The van der Waals surface area contributed by atoms with Crippen molar-refractivity contribution in [3.63, 3.8) is 0 Å². The van der Waals surface area contributed by atoms with Gasteiger partial charge in [0.1, 0.15) is 11.4 Å². The van der Waals surface area contributed by atoms with Gasteiger partial charge in [-0.3, -0.25) is 4.79 Å². The van der Waals surface area contributed by atoms with Gasteiger partial charge in [0.25, 0.3) is 5.91 Å². The summed E-state index contributed by atoms with van der Waals surface area (Å²) >= 11 is 0. The van der Waals surface area contributed by atoms with E-state index in [1.165, 1.54) is 5.52 Å². The number of carbonyl (C=O) groups is 1. The maximum absolute atomic E-state index is 13.2. The maximum atomic E-state index is 13.2. The molecule has 0 bridgehead atoms. The number of benzene rings is 1. The first-order chi connectivity index (χ1) is 13.2. The topological polar surface area (TPSA) is 59.4 Å². The van der Waals surface area contributed by atoms with Crippen LogP contribution in [-0.2, 0) is 16.0 Å². The monoisotopic (exact) mass is 370 g/mol. The molecule has 0 saturated carbocycles. The minimum absolute atomic E-state index is 0.177. The minimum Gasteiger partial charge on any atom is -0.368 e. The fourth-order valence-electron chi connectivity index (χ4n) is 4.70. The molecule has 2 saturated heterocycles. The van der Waals surface area contributed by atoms with E-state index in [-0.39, 0.29) is 5.91 Å². The Labute approximate surface area is 160 Å². The van der Waals surface area contributed by atoms with E-state index in [1.54, 1.807) is 7.11 Å². The van der Waals surface area contributed by atoms with Crippen molar-refractivity contribution in [2.45, 2.75) is 50.7 Å². The van der Waals surface area contributed by atoms with Gasteiger partial charge in [-0.15, -0.1) is 0 Å². The van der Waals surface area contributed by atoms with Crippen molar-refractivity contribution >= 4 is 16.9 Å². The standard InChI is InChI=1S/C21H30N4O2/c1-3-19-23-17-6-4-5-7-18(17)25(19)16-8-14-24(15-9-16)20(26)21(27-2)10-12-22-13-11-21/h4-7,16,22H,3,8-15H2,1-2H3. The van der Waals surface area contributed by atoms with Crippen LogP contribution in [-0.4, -0.2) is 59.2 Å². The average Bonchev–Trinajstić information content (AvgIpc) is 3.12. The molecule has 2 aliphatic rings. The number of carbonyl (C=O) groups excluding carboxylic acids is 1. The quantitative estimate of drug-likeness (QED) is 0.899. The third-order valence-corrected chi connectivity index (χ3v) is 6.29. The fourth-order valence-corrected chi connectivity index (χ4v) is 4.70. The van der Waals surface area contributed by atoms with Crippen LogP contribution in [0, 0.1) is 0 Å². The molecule has 0 unspecified atom stereocenters. The number of imidazole rings is 1. The molecule has 1 aromatic carbocycles. The predicted molar refractivity (Wildman–Crippen MR) is 106 cm³/mol. The first-order valence-electron chi connectivity index (χ1n) is 10.2. The molecule has 0 atom stereocenters. The van der Waals surface area contributed by atoms with Gasteiger partial charge in [-0.2, -0.15) is 0 Å². The van der Waals surface area contributed by atoms with E-state index in [1.807, 2.05) is 11.0 Å². The van der Waals surface area contributed by atoms with E-state index in [4.69, 9.17) is 9.72 Å². The first-order valence-corrected chi connectivity index (χ1v) is 10.2. The molecule has 6 nitrogen and oxygen atoms in total. The normalized spacial score (nSPS) is 20.9. The molecule has 1 aromatic heterocycles. The van der Waals surface area contributed by atoms with Crippen molar-refractivity contribution in [2.24, 2.45) is 0 Å². The van der Waals surface area contributed by atoms with Crippen LogP contribution in [0.4, 0.5) is 0 Å². The van der Waals surface area contributed by atoms with Crippen molar-refractivity contribution in [1.82, 2.24) is 19.8 Å².